The molecule has 1 atom stereocenters. The van der Waals surface area contributed by atoms with E-state index in [2.05, 4.69) is 0 Å². The quantitative estimate of drug-likeness (QED) is 0.603. The van der Waals surface area contributed by atoms with Crippen LogP contribution >= 0.6 is 0 Å². The second-order valence-corrected chi connectivity index (χ2v) is 4.51. The smallest absolute Gasteiger partial charge is 0.308 e. The predicted molar refractivity (Wildman–Crippen MR) is 79.4 cm³/mol. The number of hydrogen-bond acceptors (Lipinski definition) is 4. The Kier molecular flexibility index (Phi) is 5.35. The Morgan fingerprint density at radius 3 is 2.43 bits per heavy atom. The SMILES string of the molecule is CO[C@@H](COc1cccc(OC(C)=O)c1)c1ccccc1. The van der Waals surface area contributed by atoms with Crippen LogP contribution in [0.4, 0.5) is 0 Å². The van der Waals surface area contributed by atoms with Crippen LogP contribution in [-0.2, 0) is 9.53 Å². The second kappa shape index (κ2) is 7.45. The van der Waals surface area contributed by atoms with Crippen LogP contribution in [-0.4, -0.2) is 19.7 Å². The number of methoxy groups -OCH3 is 1. The molecule has 2 rings (SSSR count). The van der Waals surface area contributed by atoms with Crippen molar-refractivity contribution in [2.24, 2.45) is 0 Å². The van der Waals surface area contributed by atoms with Crippen LogP contribution in [0.1, 0.15) is 18.6 Å². The van der Waals surface area contributed by atoms with Crippen LogP contribution < -0.4 is 9.47 Å². The van der Waals surface area contributed by atoms with E-state index in [1.807, 2.05) is 36.4 Å². The Bertz CT molecular complexity index is 580. The second-order valence-electron chi connectivity index (χ2n) is 4.51. The van der Waals surface area contributed by atoms with E-state index in [0.29, 0.717) is 18.1 Å². The Balaban J connectivity index is 2.00. The minimum Gasteiger partial charge on any atom is -0.490 e. The molecule has 0 radical (unpaired) electrons. The van der Waals surface area contributed by atoms with Crippen molar-refractivity contribution in [3.8, 4) is 11.5 Å². The van der Waals surface area contributed by atoms with Crippen molar-refractivity contribution >= 4 is 5.97 Å². The first-order valence-electron chi connectivity index (χ1n) is 6.68. The van der Waals surface area contributed by atoms with E-state index < -0.39 is 0 Å². The molecule has 0 saturated heterocycles. The number of benzene rings is 2. The summed E-state index contributed by atoms with van der Waals surface area (Å²) in [4.78, 5) is 10.9. The van der Waals surface area contributed by atoms with Gasteiger partial charge in [0.2, 0.25) is 0 Å². The largest absolute Gasteiger partial charge is 0.490 e. The standard InChI is InChI=1S/C17H18O4/c1-13(18)21-16-10-6-9-15(11-16)20-12-17(19-2)14-7-4-3-5-8-14/h3-11,17H,12H2,1-2H3/t17-/m0/s1. The Hall–Kier alpha value is -2.33. The van der Waals surface area contributed by atoms with Crippen molar-refractivity contribution in [1.82, 2.24) is 0 Å². The zero-order valence-electron chi connectivity index (χ0n) is 12.1. The molecule has 0 aliphatic heterocycles. The first-order chi connectivity index (χ1) is 10.2. The highest BCUT2D eigenvalue weighted by atomic mass is 16.5. The number of carbonyl (C=O) groups excluding carboxylic acids is 1. The summed E-state index contributed by atoms with van der Waals surface area (Å²) in [6.45, 7) is 1.74. The van der Waals surface area contributed by atoms with E-state index >= 15 is 0 Å². The minimum absolute atomic E-state index is 0.149. The van der Waals surface area contributed by atoms with Gasteiger partial charge in [0.05, 0.1) is 0 Å². The molecule has 0 saturated carbocycles. The predicted octanol–water partition coefficient (Wildman–Crippen LogP) is 3.38. The summed E-state index contributed by atoms with van der Waals surface area (Å²) < 4.78 is 16.2. The maximum absolute atomic E-state index is 10.9. The van der Waals surface area contributed by atoms with Gasteiger partial charge in [-0.15, -0.1) is 0 Å². The fourth-order valence-electron chi connectivity index (χ4n) is 1.93. The van der Waals surface area contributed by atoms with Crippen molar-refractivity contribution in [1.29, 1.82) is 0 Å². The molecule has 0 aliphatic carbocycles. The van der Waals surface area contributed by atoms with E-state index in [-0.39, 0.29) is 12.1 Å². The van der Waals surface area contributed by atoms with E-state index in [9.17, 15) is 4.79 Å². The molecule has 0 aromatic heterocycles. The highest BCUT2D eigenvalue weighted by molar-refractivity contribution is 5.69. The van der Waals surface area contributed by atoms with Crippen LogP contribution in [0.3, 0.4) is 0 Å². The van der Waals surface area contributed by atoms with E-state index in [1.54, 1.807) is 25.3 Å². The molecule has 0 heterocycles. The van der Waals surface area contributed by atoms with Crippen molar-refractivity contribution < 1.29 is 19.0 Å². The van der Waals surface area contributed by atoms with Gasteiger partial charge >= 0.3 is 5.97 Å². The van der Waals surface area contributed by atoms with Crippen LogP contribution in [0.2, 0.25) is 0 Å². The Morgan fingerprint density at radius 2 is 1.76 bits per heavy atom. The van der Waals surface area contributed by atoms with Gasteiger partial charge in [0.1, 0.15) is 24.2 Å². The average Bonchev–Trinajstić information content (AvgIpc) is 2.49. The lowest BCUT2D eigenvalue weighted by atomic mass is 10.1. The normalized spacial score (nSPS) is 11.7. The van der Waals surface area contributed by atoms with Gasteiger partial charge in [-0.1, -0.05) is 36.4 Å². The molecule has 0 N–H and O–H groups in total. The van der Waals surface area contributed by atoms with Crippen molar-refractivity contribution in [2.75, 3.05) is 13.7 Å². The number of rotatable bonds is 6. The maximum Gasteiger partial charge on any atom is 0.308 e. The molecule has 4 heteroatoms. The van der Waals surface area contributed by atoms with Gasteiger partial charge in [0, 0.05) is 20.1 Å². The average molecular weight is 286 g/mol. The number of carbonyl (C=O) groups is 1. The fourth-order valence-corrected chi connectivity index (χ4v) is 1.93. The van der Waals surface area contributed by atoms with Gasteiger partial charge in [0.15, 0.2) is 0 Å². The number of ether oxygens (including phenoxy) is 3. The lowest BCUT2D eigenvalue weighted by Crippen LogP contribution is -2.12. The third kappa shape index (κ3) is 4.61. The fraction of sp³-hybridized carbons (Fsp3) is 0.235. The van der Waals surface area contributed by atoms with Crippen molar-refractivity contribution in [2.45, 2.75) is 13.0 Å². The zero-order chi connectivity index (χ0) is 15.1. The summed E-state index contributed by atoms with van der Waals surface area (Å²) in [5.74, 6) is 0.742. The summed E-state index contributed by atoms with van der Waals surface area (Å²) >= 11 is 0. The first kappa shape index (κ1) is 15.1. The Morgan fingerprint density at radius 1 is 1.05 bits per heavy atom. The summed E-state index contributed by atoms with van der Waals surface area (Å²) in [5.41, 5.74) is 1.05. The van der Waals surface area contributed by atoms with E-state index in [4.69, 9.17) is 14.2 Å². The summed E-state index contributed by atoms with van der Waals surface area (Å²) in [5, 5.41) is 0. The maximum atomic E-state index is 10.9. The molecular weight excluding hydrogens is 268 g/mol. The minimum atomic E-state index is -0.355. The van der Waals surface area contributed by atoms with Gasteiger partial charge in [-0.05, 0) is 17.7 Å². The molecule has 2 aromatic rings. The number of hydrogen-bond donors (Lipinski definition) is 0. The first-order valence-corrected chi connectivity index (χ1v) is 6.68. The van der Waals surface area contributed by atoms with Crippen LogP contribution in [0.15, 0.2) is 54.6 Å². The highest BCUT2D eigenvalue weighted by Gasteiger charge is 2.11. The molecule has 0 amide bonds. The van der Waals surface area contributed by atoms with Crippen LogP contribution in [0.5, 0.6) is 11.5 Å². The van der Waals surface area contributed by atoms with Crippen molar-refractivity contribution in [3.63, 3.8) is 0 Å². The number of esters is 1. The lowest BCUT2D eigenvalue weighted by Gasteiger charge is -2.17. The van der Waals surface area contributed by atoms with E-state index in [0.717, 1.165) is 5.56 Å². The summed E-state index contributed by atoms with van der Waals surface area (Å²) in [6.07, 6.45) is -0.149. The molecule has 0 fully saturated rings. The summed E-state index contributed by atoms with van der Waals surface area (Å²) in [6, 6.07) is 16.8. The molecule has 0 bridgehead atoms. The van der Waals surface area contributed by atoms with Gasteiger partial charge in [-0.2, -0.15) is 0 Å². The third-order valence-corrected chi connectivity index (χ3v) is 2.92. The molecule has 2 aromatic carbocycles. The van der Waals surface area contributed by atoms with Crippen molar-refractivity contribution in [3.05, 3.63) is 60.2 Å². The zero-order valence-corrected chi connectivity index (χ0v) is 12.1. The van der Waals surface area contributed by atoms with E-state index in [1.165, 1.54) is 6.92 Å². The lowest BCUT2D eigenvalue weighted by molar-refractivity contribution is -0.131. The third-order valence-electron chi connectivity index (χ3n) is 2.92. The monoisotopic (exact) mass is 286 g/mol. The topological polar surface area (TPSA) is 44.8 Å². The highest BCUT2D eigenvalue weighted by Crippen LogP contribution is 2.22. The Labute approximate surface area is 124 Å². The molecule has 110 valence electrons. The summed E-state index contributed by atoms with van der Waals surface area (Å²) in [7, 11) is 1.65. The van der Waals surface area contributed by atoms with Gasteiger partial charge in [0.25, 0.3) is 0 Å². The van der Waals surface area contributed by atoms with Gasteiger partial charge in [-0.3, -0.25) is 4.79 Å². The van der Waals surface area contributed by atoms with Crippen LogP contribution in [0.25, 0.3) is 0 Å². The molecule has 0 unspecified atom stereocenters. The molecule has 21 heavy (non-hydrogen) atoms. The van der Waals surface area contributed by atoms with Gasteiger partial charge < -0.3 is 14.2 Å². The van der Waals surface area contributed by atoms with Gasteiger partial charge in [-0.25, -0.2) is 0 Å². The molecule has 4 nitrogen and oxygen atoms in total. The van der Waals surface area contributed by atoms with Crippen LogP contribution in [0, 0.1) is 0 Å². The molecular formula is C17H18O4. The molecule has 0 spiro atoms. The molecule has 0 aliphatic rings.